The Morgan fingerprint density at radius 2 is 1.97 bits per heavy atom. The predicted octanol–water partition coefficient (Wildman–Crippen LogP) is 5.34. The second kappa shape index (κ2) is 12.9. The molecule has 1 aromatic carbocycles. The molecule has 4 atom stereocenters. The summed E-state index contributed by atoms with van der Waals surface area (Å²) in [4.78, 5) is 10.7. The fraction of sp³-hybridized carbons (Fsp3) is 0.593. The van der Waals surface area contributed by atoms with Gasteiger partial charge in [0.05, 0.1) is 39.6 Å². The first-order chi connectivity index (χ1) is 16.7. The topological polar surface area (TPSA) is 72.5 Å². The van der Waals surface area contributed by atoms with E-state index in [2.05, 4.69) is 0 Å². The van der Waals surface area contributed by atoms with E-state index in [1.54, 1.807) is 21.1 Å². The number of carbonyl (C=O) groups excluding carboxylic acids is 1. The van der Waals surface area contributed by atoms with Crippen molar-refractivity contribution in [2.24, 2.45) is 0 Å². The quantitative estimate of drug-likeness (QED) is 0.279. The van der Waals surface area contributed by atoms with Crippen LogP contribution in [0.1, 0.15) is 52.0 Å². The zero-order valence-electron chi connectivity index (χ0n) is 21.3. The minimum Gasteiger partial charge on any atom is -0.493 e. The highest BCUT2D eigenvalue weighted by Gasteiger charge is 2.46. The third-order valence-corrected chi connectivity index (χ3v) is 6.53. The van der Waals surface area contributed by atoms with E-state index in [0.29, 0.717) is 43.1 Å². The largest absolute Gasteiger partial charge is 0.493 e. The summed E-state index contributed by atoms with van der Waals surface area (Å²) in [5.41, 5.74) is 1.68. The van der Waals surface area contributed by atoms with Crippen LogP contribution < -0.4 is 9.47 Å². The van der Waals surface area contributed by atoms with Crippen LogP contribution in [0.3, 0.4) is 0 Å². The van der Waals surface area contributed by atoms with Crippen molar-refractivity contribution in [1.29, 1.82) is 0 Å². The van der Waals surface area contributed by atoms with Crippen LogP contribution in [0.15, 0.2) is 41.0 Å². The van der Waals surface area contributed by atoms with Crippen LogP contribution in [0.4, 0.5) is 0 Å². The molecule has 0 saturated carbocycles. The Kier molecular flexibility index (Phi) is 10.2. The lowest BCUT2D eigenvalue weighted by Gasteiger charge is -2.25. The van der Waals surface area contributed by atoms with Crippen LogP contribution >= 0.6 is 11.6 Å². The highest BCUT2D eigenvalue weighted by Crippen LogP contribution is 2.36. The molecule has 2 heterocycles. The van der Waals surface area contributed by atoms with E-state index >= 15 is 0 Å². The maximum Gasteiger partial charge on any atom is 0.163 e. The van der Waals surface area contributed by atoms with Gasteiger partial charge in [0.1, 0.15) is 18.5 Å². The van der Waals surface area contributed by atoms with Gasteiger partial charge < -0.3 is 28.4 Å². The van der Waals surface area contributed by atoms with Crippen molar-refractivity contribution in [2.45, 2.75) is 83.3 Å². The van der Waals surface area contributed by atoms with Gasteiger partial charge in [-0.2, -0.15) is 0 Å². The van der Waals surface area contributed by atoms with Crippen molar-refractivity contribution in [3.63, 3.8) is 0 Å². The van der Waals surface area contributed by atoms with Crippen LogP contribution in [-0.2, 0) is 30.3 Å². The number of benzene rings is 1. The number of carbonyl (C=O) groups is 1. The molecular formula is C27H37ClO7. The molecule has 7 nitrogen and oxygen atoms in total. The van der Waals surface area contributed by atoms with Crippen molar-refractivity contribution in [1.82, 2.24) is 0 Å². The van der Waals surface area contributed by atoms with Crippen molar-refractivity contribution in [3.05, 3.63) is 46.5 Å². The SMILES string of the molecule is COc1ccc(CO[C@@H]2C[C@@H](CC/C(Cl)=C/C/C=C(\C)C=O)O[C@@H]2[C@H]2COC(C)(C)O2)cc1OC. The summed E-state index contributed by atoms with van der Waals surface area (Å²) in [6, 6.07) is 5.76. The Hall–Kier alpha value is -1.90. The summed E-state index contributed by atoms with van der Waals surface area (Å²) < 4.78 is 35.4. The third-order valence-electron chi connectivity index (χ3n) is 6.19. The van der Waals surface area contributed by atoms with Gasteiger partial charge in [-0.15, -0.1) is 0 Å². The molecule has 0 amide bonds. The van der Waals surface area contributed by atoms with Gasteiger partial charge in [-0.25, -0.2) is 0 Å². The minimum atomic E-state index is -0.640. The Bertz CT molecular complexity index is 911. The Balaban J connectivity index is 1.62. The average Bonchev–Trinajstić information content (AvgIpc) is 3.43. The summed E-state index contributed by atoms with van der Waals surface area (Å²) in [5, 5.41) is 0.761. The van der Waals surface area contributed by atoms with E-state index in [1.807, 2.05) is 44.2 Å². The van der Waals surface area contributed by atoms with Crippen molar-refractivity contribution in [2.75, 3.05) is 20.8 Å². The van der Waals surface area contributed by atoms with E-state index in [4.69, 9.17) is 40.0 Å². The molecule has 2 aliphatic rings. The van der Waals surface area contributed by atoms with Crippen LogP contribution in [0, 0.1) is 0 Å². The normalized spacial score (nSPS) is 26.7. The number of allylic oxidation sites excluding steroid dienone is 4. The molecule has 0 radical (unpaired) electrons. The molecule has 194 valence electrons. The van der Waals surface area contributed by atoms with E-state index in [9.17, 15) is 4.79 Å². The molecule has 0 N–H and O–H groups in total. The summed E-state index contributed by atoms with van der Waals surface area (Å²) in [6.45, 7) is 6.47. The van der Waals surface area contributed by atoms with Gasteiger partial charge in [-0.1, -0.05) is 29.8 Å². The Morgan fingerprint density at radius 3 is 2.63 bits per heavy atom. The number of hydrogen-bond acceptors (Lipinski definition) is 7. The van der Waals surface area contributed by atoms with Crippen LogP contribution in [0.5, 0.6) is 11.5 Å². The predicted molar refractivity (Wildman–Crippen MR) is 134 cm³/mol. The molecule has 0 spiro atoms. The van der Waals surface area contributed by atoms with Gasteiger partial charge in [0.15, 0.2) is 17.3 Å². The number of halogens is 1. The monoisotopic (exact) mass is 508 g/mol. The fourth-order valence-corrected chi connectivity index (χ4v) is 4.51. The van der Waals surface area contributed by atoms with E-state index < -0.39 is 5.79 Å². The van der Waals surface area contributed by atoms with Gasteiger partial charge in [0.25, 0.3) is 0 Å². The number of rotatable bonds is 12. The molecule has 0 aromatic heterocycles. The highest BCUT2D eigenvalue weighted by molar-refractivity contribution is 6.29. The van der Waals surface area contributed by atoms with E-state index in [1.165, 1.54) is 0 Å². The molecule has 3 rings (SSSR count). The first-order valence-electron chi connectivity index (χ1n) is 12.0. The van der Waals surface area contributed by atoms with Crippen molar-refractivity contribution in [3.8, 4) is 11.5 Å². The minimum absolute atomic E-state index is 0.00267. The van der Waals surface area contributed by atoms with Gasteiger partial charge >= 0.3 is 0 Å². The molecule has 8 heteroatoms. The average molecular weight is 509 g/mol. The smallest absolute Gasteiger partial charge is 0.163 e. The zero-order valence-corrected chi connectivity index (χ0v) is 22.0. The first kappa shape index (κ1) is 27.7. The van der Waals surface area contributed by atoms with Gasteiger partial charge in [0, 0.05) is 11.5 Å². The van der Waals surface area contributed by atoms with E-state index in [0.717, 1.165) is 29.7 Å². The summed E-state index contributed by atoms with van der Waals surface area (Å²) in [7, 11) is 3.23. The maximum atomic E-state index is 10.7. The highest BCUT2D eigenvalue weighted by atomic mass is 35.5. The number of aldehydes is 1. The molecule has 0 bridgehead atoms. The van der Waals surface area contributed by atoms with E-state index in [-0.39, 0.29) is 24.4 Å². The standard InChI is InChI=1S/C27H37ClO7/c1-18(15-29)7-6-8-20(28)10-11-21-14-24(26(34-21)25-17-33-27(2,3)35-25)32-16-19-9-12-22(30-4)23(13-19)31-5/h7-9,12-13,15,21,24-26H,6,10-11,14,16-17H2,1-5H3/b18-7+,20-8-/t21-,24-,25-,26+/m1/s1. The number of ether oxygens (including phenoxy) is 6. The molecule has 2 fully saturated rings. The molecule has 2 aliphatic heterocycles. The Labute approximate surface area is 213 Å². The molecule has 0 aliphatic carbocycles. The number of hydrogen-bond donors (Lipinski definition) is 0. The Morgan fingerprint density at radius 1 is 1.20 bits per heavy atom. The molecule has 35 heavy (non-hydrogen) atoms. The summed E-state index contributed by atoms with van der Waals surface area (Å²) in [6.07, 6.45) is 6.90. The number of methoxy groups -OCH3 is 2. The van der Waals surface area contributed by atoms with Crippen LogP contribution in [0.25, 0.3) is 0 Å². The lowest BCUT2D eigenvalue weighted by molar-refractivity contribution is -0.164. The third kappa shape index (κ3) is 8.05. The van der Waals surface area contributed by atoms with Gasteiger partial charge in [0.2, 0.25) is 0 Å². The van der Waals surface area contributed by atoms with Crippen molar-refractivity contribution >= 4 is 17.9 Å². The van der Waals surface area contributed by atoms with Crippen LogP contribution in [-0.4, -0.2) is 57.3 Å². The fourth-order valence-electron chi connectivity index (χ4n) is 4.31. The second-order valence-electron chi connectivity index (χ2n) is 9.36. The summed E-state index contributed by atoms with van der Waals surface area (Å²) in [5.74, 6) is 0.706. The molecule has 2 saturated heterocycles. The lowest BCUT2D eigenvalue weighted by atomic mass is 10.0. The molecule has 1 aromatic rings. The first-order valence-corrected chi connectivity index (χ1v) is 12.4. The van der Waals surface area contributed by atoms with Crippen molar-refractivity contribution < 1.29 is 33.2 Å². The molecule has 0 unspecified atom stereocenters. The van der Waals surface area contributed by atoms with Gasteiger partial charge in [-0.3, -0.25) is 4.79 Å². The summed E-state index contributed by atoms with van der Waals surface area (Å²) >= 11 is 6.41. The molecular weight excluding hydrogens is 472 g/mol. The second-order valence-corrected chi connectivity index (χ2v) is 9.84. The maximum absolute atomic E-state index is 10.7. The van der Waals surface area contributed by atoms with Gasteiger partial charge in [-0.05, 0) is 63.3 Å². The lowest BCUT2D eigenvalue weighted by Crippen LogP contribution is -2.38. The zero-order chi connectivity index (χ0) is 25.4. The van der Waals surface area contributed by atoms with Crippen LogP contribution in [0.2, 0.25) is 0 Å².